The summed E-state index contributed by atoms with van der Waals surface area (Å²) >= 11 is 0. The van der Waals surface area contributed by atoms with E-state index in [2.05, 4.69) is 20.6 Å². The van der Waals surface area contributed by atoms with Crippen molar-refractivity contribution in [2.75, 3.05) is 20.1 Å². The van der Waals surface area contributed by atoms with Crippen molar-refractivity contribution in [1.82, 2.24) is 15.6 Å². The molecular weight excluding hydrogens is 422 g/mol. The van der Waals surface area contributed by atoms with Gasteiger partial charge < -0.3 is 15.1 Å². The topological polar surface area (TPSA) is 62.5 Å². The number of rotatable bonds is 6. The molecule has 2 N–H and O–H groups in total. The molecule has 1 saturated carbocycles. The minimum Gasteiger partial charge on any atom is -0.444 e. The third-order valence-corrected chi connectivity index (χ3v) is 3.80. The molecule has 1 aliphatic rings. The molecule has 0 amide bonds. The molecule has 0 saturated heterocycles. The smallest absolute Gasteiger partial charge is 0.226 e. The average molecular weight is 444 g/mol. The Morgan fingerprint density at radius 3 is 2.71 bits per heavy atom. The highest BCUT2D eigenvalue weighted by molar-refractivity contribution is 14.0. The molecule has 5 nitrogen and oxygen atoms in total. The van der Waals surface area contributed by atoms with Gasteiger partial charge in [-0.1, -0.05) is 0 Å². The summed E-state index contributed by atoms with van der Waals surface area (Å²) in [6.07, 6.45) is 5.00. The number of halogens is 2. The van der Waals surface area contributed by atoms with E-state index >= 15 is 0 Å². The monoisotopic (exact) mass is 444 g/mol. The molecule has 1 aliphatic carbocycles. The number of oxazole rings is 1. The van der Waals surface area contributed by atoms with E-state index in [9.17, 15) is 4.39 Å². The van der Waals surface area contributed by atoms with Crippen molar-refractivity contribution in [1.29, 1.82) is 0 Å². The van der Waals surface area contributed by atoms with E-state index in [1.807, 2.05) is 0 Å². The van der Waals surface area contributed by atoms with Crippen molar-refractivity contribution < 1.29 is 8.81 Å². The first-order valence-electron chi connectivity index (χ1n) is 7.89. The van der Waals surface area contributed by atoms with E-state index in [1.54, 1.807) is 25.4 Å². The third-order valence-electron chi connectivity index (χ3n) is 3.80. The molecule has 0 spiro atoms. The SMILES string of the molecule is CN=C(NCCc1coc(-c2ccc(F)cc2)n1)NCC1CC1.I. The fourth-order valence-corrected chi connectivity index (χ4v) is 2.24. The first kappa shape index (κ1) is 18.7. The summed E-state index contributed by atoms with van der Waals surface area (Å²) in [5, 5.41) is 6.58. The van der Waals surface area contributed by atoms with Crippen LogP contribution in [0.15, 0.2) is 39.9 Å². The van der Waals surface area contributed by atoms with Gasteiger partial charge in [0.15, 0.2) is 5.96 Å². The second-order valence-electron chi connectivity index (χ2n) is 5.72. The lowest BCUT2D eigenvalue weighted by molar-refractivity contribution is 0.571. The number of aromatic nitrogens is 1. The van der Waals surface area contributed by atoms with Crippen molar-refractivity contribution in [3.8, 4) is 11.5 Å². The minimum absolute atomic E-state index is 0. The Labute approximate surface area is 158 Å². The Morgan fingerprint density at radius 1 is 1.29 bits per heavy atom. The summed E-state index contributed by atoms with van der Waals surface area (Å²) in [4.78, 5) is 8.62. The normalized spacial score (nSPS) is 14.2. The predicted octanol–water partition coefficient (Wildman–Crippen LogP) is 3.22. The summed E-state index contributed by atoms with van der Waals surface area (Å²) in [5.41, 5.74) is 1.63. The Kier molecular flexibility index (Phi) is 7.01. The summed E-state index contributed by atoms with van der Waals surface area (Å²) in [6.45, 7) is 1.71. The highest BCUT2D eigenvalue weighted by Gasteiger charge is 2.21. The van der Waals surface area contributed by atoms with Crippen LogP contribution in [-0.4, -0.2) is 31.1 Å². The maximum atomic E-state index is 12.9. The number of nitrogens with zero attached hydrogens (tertiary/aromatic N) is 2. The molecule has 0 aliphatic heterocycles. The third kappa shape index (κ3) is 5.47. The maximum absolute atomic E-state index is 12.9. The van der Waals surface area contributed by atoms with Crippen molar-refractivity contribution in [2.24, 2.45) is 10.9 Å². The molecule has 0 radical (unpaired) electrons. The van der Waals surface area contributed by atoms with Gasteiger partial charge in [0.2, 0.25) is 5.89 Å². The molecule has 1 aromatic carbocycles. The molecule has 7 heteroatoms. The Hall–Kier alpha value is -1.64. The molecule has 0 unspecified atom stereocenters. The van der Waals surface area contributed by atoms with Gasteiger partial charge in [-0.15, -0.1) is 24.0 Å². The van der Waals surface area contributed by atoms with Gasteiger partial charge in [-0.2, -0.15) is 0 Å². The zero-order valence-electron chi connectivity index (χ0n) is 13.6. The van der Waals surface area contributed by atoms with Crippen LogP contribution in [0.1, 0.15) is 18.5 Å². The Bertz CT molecular complexity index is 667. The fraction of sp³-hybridized carbons (Fsp3) is 0.412. The summed E-state index contributed by atoms with van der Waals surface area (Å²) in [6, 6.07) is 6.12. The van der Waals surface area contributed by atoms with Crippen LogP contribution in [0.5, 0.6) is 0 Å². The van der Waals surface area contributed by atoms with Crippen LogP contribution in [0, 0.1) is 11.7 Å². The van der Waals surface area contributed by atoms with E-state index in [4.69, 9.17) is 4.42 Å². The van der Waals surface area contributed by atoms with E-state index in [-0.39, 0.29) is 29.8 Å². The minimum atomic E-state index is -0.269. The molecule has 1 fully saturated rings. The van der Waals surface area contributed by atoms with Gasteiger partial charge in [-0.05, 0) is 43.0 Å². The van der Waals surface area contributed by atoms with E-state index in [0.29, 0.717) is 5.89 Å². The summed E-state index contributed by atoms with van der Waals surface area (Å²) in [5.74, 6) is 1.87. The second-order valence-corrected chi connectivity index (χ2v) is 5.72. The highest BCUT2D eigenvalue weighted by Crippen LogP contribution is 2.27. The lowest BCUT2D eigenvalue weighted by Crippen LogP contribution is -2.39. The molecule has 130 valence electrons. The first-order valence-corrected chi connectivity index (χ1v) is 7.89. The zero-order chi connectivity index (χ0) is 16.1. The number of nitrogens with one attached hydrogen (secondary N) is 2. The quantitative estimate of drug-likeness (QED) is 0.408. The lowest BCUT2D eigenvalue weighted by atomic mass is 10.2. The number of hydrogen-bond donors (Lipinski definition) is 2. The van der Waals surface area contributed by atoms with Crippen LogP contribution < -0.4 is 10.6 Å². The number of aliphatic imine (C=N–C) groups is 1. The molecule has 3 rings (SSSR count). The van der Waals surface area contributed by atoms with Crippen molar-refractivity contribution in [3.63, 3.8) is 0 Å². The number of benzene rings is 1. The number of guanidine groups is 1. The van der Waals surface area contributed by atoms with Crippen LogP contribution in [0.4, 0.5) is 4.39 Å². The van der Waals surface area contributed by atoms with Gasteiger partial charge in [-0.3, -0.25) is 4.99 Å². The lowest BCUT2D eigenvalue weighted by Gasteiger charge is -2.10. The zero-order valence-corrected chi connectivity index (χ0v) is 15.9. The van der Waals surface area contributed by atoms with Gasteiger partial charge in [0.25, 0.3) is 0 Å². The molecule has 1 aromatic heterocycles. The average Bonchev–Trinajstić information content (AvgIpc) is 3.28. The van der Waals surface area contributed by atoms with Gasteiger partial charge in [-0.25, -0.2) is 9.37 Å². The van der Waals surface area contributed by atoms with E-state index in [0.717, 1.165) is 42.6 Å². The highest BCUT2D eigenvalue weighted by atomic mass is 127. The molecule has 0 atom stereocenters. The molecule has 2 aromatic rings. The van der Waals surface area contributed by atoms with Crippen LogP contribution in [0.2, 0.25) is 0 Å². The van der Waals surface area contributed by atoms with Crippen LogP contribution >= 0.6 is 24.0 Å². The molecular formula is C17H22FIN4O. The van der Waals surface area contributed by atoms with Gasteiger partial charge in [0.1, 0.15) is 12.1 Å². The van der Waals surface area contributed by atoms with Gasteiger partial charge in [0.05, 0.1) is 5.69 Å². The summed E-state index contributed by atoms with van der Waals surface area (Å²) in [7, 11) is 1.77. The van der Waals surface area contributed by atoms with Gasteiger partial charge in [0, 0.05) is 32.1 Å². The second kappa shape index (κ2) is 9.00. The van der Waals surface area contributed by atoms with Crippen LogP contribution in [-0.2, 0) is 6.42 Å². The Morgan fingerprint density at radius 2 is 2.04 bits per heavy atom. The molecule has 0 bridgehead atoms. The standard InChI is InChI=1S/C17H21FN4O.HI/c1-19-17(21-10-12-2-3-12)20-9-8-15-11-23-16(22-15)13-4-6-14(18)7-5-13;/h4-7,11-12H,2-3,8-10H2,1H3,(H2,19,20,21);1H. The van der Waals surface area contributed by atoms with Crippen LogP contribution in [0.3, 0.4) is 0 Å². The van der Waals surface area contributed by atoms with Crippen molar-refractivity contribution in [2.45, 2.75) is 19.3 Å². The maximum Gasteiger partial charge on any atom is 0.226 e. The van der Waals surface area contributed by atoms with Crippen molar-refractivity contribution >= 4 is 29.9 Å². The molecule has 1 heterocycles. The summed E-state index contributed by atoms with van der Waals surface area (Å²) < 4.78 is 18.4. The first-order chi connectivity index (χ1) is 11.2. The van der Waals surface area contributed by atoms with Crippen molar-refractivity contribution in [3.05, 3.63) is 42.0 Å². The Balaban J connectivity index is 0.00000208. The molecule has 24 heavy (non-hydrogen) atoms. The number of hydrogen-bond acceptors (Lipinski definition) is 3. The predicted molar refractivity (Wildman–Crippen MR) is 103 cm³/mol. The largest absolute Gasteiger partial charge is 0.444 e. The van der Waals surface area contributed by atoms with Gasteiger partial charge >= 0.3 is 0 Å². The fourth-order valence-electron chi connectivity index (χ4n) is 2.24. The van der Waals surface area contributed by atoms with E-state index < -0.39 is 0 Å². The van der Waals surface area contributed by atoms with E-state index in [1.165, 1.54) is 25.0 Å². The van der Waals surface area contributed by atoms with Crippen LogP contribution in [0.25, 0.3) is 11.5 Å².